The number of aliphatic hydroxyl groups excluding tert-OH is 1. The van der Waals surface area contributed by atoms with Crippen molar-refractivity contribution in [1.82, 2.24) is 0 Å². The highest BCUT2D eigenvalue weighted by Gasteiger charge is 2.27. The number of ether oxygens (including phenoxy) is 2. The fourth-order valence-corrected chi connectivity index (χ4v) is 5.77. The van der Waals surface area contributed by atoms with Crippen LogP contribution in [-0.2, 0) is 32.7 Å². The summed E-state index contributed by atoms with van der Waals surface area (Å²) in [7, 11) is 1.40. The van der Waals surface area contributed by atoms with Gasteiger partial charge in [-0.2, -0.15) is 0 Å². The molecule has 0 aliphatic rings. The van der Waals surface area contributed by atoms with E-state index in [1.54, 1.807) is 6.08 Å². The van der Waals surface area contributed by atoms with Gasteiger partial charge >= 0.3 is 19.8 Å². The van der Waals surface area contributed by atoms with Gasteiger partial charge in [0, 0.05) is 12.8 Å². The van der Waals surface area contributed by atoms with Crippen LogP contribution in [0.1, 0.15) is 136 Å². The minimum Gasteiger partial charge on any atom is -0.462 e. The lowest BCUT2D eigenvalue weighted by atomic mass is 10.1. The number of aliphatic hydroxyl groups is 1. The molecule has 1 unspecified atom stereocenters. The van der Waals surface area contributed by atoms with Gasteiger partial charge in [-0.1, -0.05) is 131 Å². The van der Waals surface area contributed by atoms with Crippen molar-refractivity contribution in [2.75, 3.05) is 47.5 Å². The average Bonchev–Trinajstić information content (AvgIpc) is 3.16. The van der Waals surface area contributed by atoms with Crippen LogP contribution in [0.25, 0.3) is 0 Å². The Hall–Kier alpha value is -2.85. The Kier molecular flexibility index (Phi) is 35.6. The van der Waals surface area contributed by atoms with Crippen molar-refractivity contribution < 1.29 is 47.2 Å². The summed E-state index contributed by atoms with van der Waals surface area (Å²) >= 11 is 0. The standard InChI is InChI=1S/C46H78NO9P/c1-6-8-9-10-11-12-13-14-15-20-23-26-29-32-35-38-46(50)56-44(42-55-57(51,52)54-40-39-47(3,4)5)41-53-45(49)37-34-31-28-25-22-19-17-16-18-21-24-27-30-33-36-43(48)7-2/h11-12,14-15,17-19,21,25,27-28,30,33,36,43-44,48H,6-10,13,16,20,22-24,26,29,31-32,34-35,37-42H2,1-5H3/p+1/b12-11-,15-14-,19-17-,21-18-,28-25-,30-27-,36-33+/t43-,44+/m0/s1. The van der Waals surface area contributed by atoms with Crippen molar-refractivity contribution in [1.29, 1.82) is 0 Å². The summed E-state index contributed by atoms with van der Waals surface area (Å²) in [6.45, 7) is 3.94. The first kappa shape index (κ1) is 54.2. The van der Waals surface area contributed by atoms with E-state index in [2.05, 4.69) is 61.6 Å². The molecular formula is C46H79NO9P+. The van der Waals surface area contributed by atoms with Gasteiger partial charge in [-0.05, 0) is 77.0 Å². The molecule has 2 N–H and O–H groups in total. The number of nitrogens with zero attached hydrogens (tertiary/aromatic N) is 1. The molecule has 0 rings (SSSR count). The van der Waals surface area contributed by atoms with Gasteiger partial charge in [-0.3, -0.25) is 18.6 Å². The lowest BCUT2D eigenvalue weighted by molar-refractivity contribution is -0.870. The highest BCUT2D eigenvalue weighted by Crippen LogP contribution is 2.43. The van der Waals surface area contributed by atoms with Crippen LogP contribution in [0.2, 0.25) is 0 Å². The van der Waals surface area contributed by atoms with Crippen molar-refractivity contribution in [2.45, 2.75) is 148 Å². The summed E-state index contributed by atoms with van der Waals surface area (Å²) in [4.78, 5) is 35.3. The summed E-state index contributed by atoms with van der Waals surface area (Å²) in [6.07, 6.45) is 44.4. The first-order valence-electron chi connectivity index (χ1n) is 21.4. The van der Waals surface area contributed by atoms with Gasteiger partial charge in [0.1, 0.15) is 19.8 Å². The largest absolute Gasteiger partial charge is 0.472 e. The molecule has 0 aromatic heterocycles. The molecule has 0 bridgehead atoms. The Morgan fingerprint density at radius 2 is 1.16 bits per heavy atom. The number of rotatable bonds is 37. The number of hydrogen-bond donors (Lipinski definition) is 2. The fourth-order valence-electron chi connectivity index (χ4n) is 5.03. The second-order valence-corrected chi connectivity index (χ2v) is 16.6. The molecule has 0 saturated heterocycles. The van der Waals surface area contributed by atoms with Crippen molar-refractivity contribution in [3.63, 3.8) is 0 Å². The number of quaternary nitrogens is 1. The smallest absolute Gasteiger partial charge is 0.462 e. The van der Waals surface area contributed by atoms with Gasteiger partial charge < -0.3 is 24.0 Å². The van der Waals surface area contributed by atoms with Crippen LogP contribution in [-0.4, -0.2) is 86.1 Å². The van der Waals surface area contributed by atoms with Crippen LogP contribution >= 0.6 is 7.82 Å². The molecule has 0 heterocycles. The number of allylic oxidation sites excluding steroid dienone is 13. The van der Waals surface area contributed by atoms with E-state index in [0.29, 0.717) is 36.7 Å². The van der Waals surface area contributed by atoms with Crippen molar-refractivity contribution in [3.8, 4) is 0 Å². The number of carbonyl (C=O) groups excluding carboxylic acids is 2. The summed E-state index contributed by atoms with van der Waals surface area (Å²) in [5.74, 6) is -0.912. The maximum absolute atomic E-state index is 12.7. The van der Waals surface area contributed by atoms with Crippen LogP contribution < -0.4 is 0 Å². The minimum atomic E-state index is -4.40. The third kappa shape index (κ3) is 41.1. The number of esters is 2. The van der Waals surface area contributed by atoms with Gasteiger partial charge in [0.15, 0.2) is 6.10 Å². The summed E-state index contributed by atoms with van der Waals surface area (Å²) in [6, 6.07) is 0. The lowest BCUT2D eigenvalue weighted by Crippen LogP contribution is -2.37. The number of unbranched alkanes of at least 4 members (excludes halogenated alkanes) is 9. The van der Waals surface area contributed by atoms with Crippen LogP contribution in [0, 0.1) is 0 Å². The molecule has 10 nitrogen and oxygen atoms in total. The predicted molar refractivity (Wildman–Crippen MR) is 235 cm³/mol. The maximum Gasteiger partial charge on any atom is 0.472 e. The first-order valence-corrected chi connectivity index (χ1v) is 22.9. The summed E-state index contributed by atoms with van der Waals surface area (Å²) < 4.78 is 34.2. The molecule has 0 aliphatic heterocycles. The molecule has 3 atom stereocenters. The van der Waals surface area contributed by atoms with E-state index in [0.717, 1.165) is 57.8 Å². The van der Waals surface area contributed by atoms with Crippen molar-refractivity contribution in [3.05, 3.63) is 85.1 Å². The molecule has 0 spiro atoms. The zero-order valence-corrected chi connectivity index (χ0v) is 37.0. The highest BCUT2D eigenvalue weighted by atomic mass is 31.2. The lowest BCUT2D eigenvalue weighted by Gasteiger charge is -2.24. The molecule has 11 heteroatoms. The van der Waals surface area contributed by atoms with Crippen LogP contribution in [0.3, 0.4) is 0 Å². The van der Waals surface area contributed by atoms with Crippen molar-refractivity contribution >= 4 is 19.8 Å². The molecule has 57 heavy (non-hydrogen) atoms. The van der Waals surface area contributed by atoms with E-state index in [1.165, 1.54) is 25.7 Å². The molecule has 326 valence electrons. The summed E-state index contributed by atoms with van der Waals surface area (Å²) in [5, 5.41) is 9.48. The van der Waals surface area contributed by atoms with E-state index in [-0.39, 0.29) is 32.2 Å². The quantitative estimate of drug-likeness (QED) is 0.0157. The molecule has 0 radical (unpaired) electrons. The molecule has 0 aliphatic carbocycles. The number of likely N-dealkylation sites (N-methyl/N-ethyl adjacent to an activating group) is 1. The topological polar surface area (TPSA) is 129 Å². The number of hydrogen-bond acceptors (Lipinski definition) is 8. The molecule has 0 aromatic carbocycles. The zero-order valence-electron chi connectivity index (χ0n) is 36.1. The molecular weight excluding hydrogens is 741 g/mol. The van der Waals surface area contributed by atoms with E-state index in [1.807, 2.05) is 52.4 Å². The maximum atomic E-state index is 12.7. The van der Waals surface area contributed by atoms with Crippen LogP contribution in [0.5, 0.6) is 0 Å². The van der Waals surface area contributed by atoms with Gasteiger partial charge in [-0.25, -0.2) is 4.57 Å². The third-order valence-electron chi connectivity index (χ3n) is 8.57. The predicted octanol–water partition coefficient (Wildman–Crippen LogP) is 11.0. The van der Waals surface area contributed by atoms with E-state index >= 15 is 0 Å². The Balaban J connectivity index is 4.53. The first-order chi connectivity index (χ1) is 27.4. The van der Waals surface area contributed by atoms with Crippen LogP contribution in [0.4, 0.5) is 0 Å². The van der Waals surface area contributed by atoms with Gasteiger partial charge in [-0.15, -0.1) is 0 Å². The molecule has 0 fully saturated rings. The average molecular weight is 821 g/mol. The summed E-state index contributed by atoms with van der Waals surface area (Å²) in [5.41, 5.74) is 0. The monoisotopic (exact) mass is 821 g/mol. The van der Waals surface area contributed by atoms with Gasteiger partial charge in [0.05, 0.1) is 33.9 Å². The zero-order chi connectivity index (χ0) is 42.3. The molecule has 0 amide bonds. The Morgan fingerprint density at radius 1 is 0.632 bits per heavy atom. The second kappa shape index (κ2) is 37.4. The Morgan fingerprint density at radius 3 is 1.75 bits per heavy atom. The normalized spacial score (nSPS) is 15.0. The van der Waals surface area contributed by atoms with E-state index in [9.17, 15) is 24.2 Å². The van der Waals surface area contributed by atoms with E-state index < -0.39 is 32.5 Å². The Labute approximate surface area is 346 Å². The number of phosphoric acid groups is 1. The van der Waals surface area contributed by atoms with Gasteiger partial charge in [0.25, 0.3) is 0 Å². The molecule has 0 aromatic rings. The van der Waals surface area contributed by atoms with E-state index in [4.69, 9.17) is 18.5 Å². The highest BCUT2D eigenvalue weighted by molar-refractivity contribution is 7.47. The van der Waals surface area contributed by atoms with Crippen molar-refractivity contribution in [2.24, 2.45) is 0 Å². The van der Waals surface area contributed by atoms with Crippen LogP contribution in [0.15, 0.2) is 85.1 Å². The second-order valence-electron chi connectivity index (χ2n) is 15.2. The molecule has 0 saturated carbocycles. The number of carbonyl (C=O) groups is 2. The third-order valence-corrected chi connectivity index (χ3v) is 9.55. The fraction of sp³-hybridized carbons (Fsp3) is 0.652. The number of phosphoric ester groups is 1. The SMILES string of the molecule is CCCCC/C=C\C/C=C\CCCCCCCC(=O)O[C@H](COC(=O)CCC/C=C\C/C=C\C/C=C\C/C=C\C=C\[C@@H](O)CC)COP(=O)(O)OCC[N+](C)(C)C. The minimum absolute atomic E-state index is 0.00925. The van der Waals surface area contributed by atoms with Gasteiger partial charge in [0.2, 0.25) is 0 Å². The Bertz CT molecular complexity index is 1260.